The lowest BCUT2D eigenvalue weighted by Crippen LogP contribution is -2.18. The zero-order chi connectivity index (χ0) is 13.8. The lowest BCUT2D eigenvalue weighted by atomic mass is 10.1. The Morgan fingerprint density at radius 3 is 2.53 bits per heavy atom. The van der Waals surface area contributed by atoms with Crippen molar-refractivity contribution in [1.29, 1.82) is 0 Å². The van der Waals surface area contributed by atoms with Crippen LogP contribution in [0.5, 0.6) is 0 Å². The Morgan fingerprint density at radius 2 is 1.89 bits per heavy atom. The molecule has 0 bridgehead atoms. The fourth-order valence-corrected chi connectivity index (χ4v) is 2.09. The second-order valence-electron chi connectivity index (χ2n) is 4.73. The first kappa shape index (κ1) is 13.6. The molecule has 0 fully saturated rings. The minimum Gasteiger partial charge on any atom is -0.392 e. The summed E-state index contributed by atoms with van der Waals surface area (Å²) in [7, 11) is 1.86. The maximum atomic E-state index is 13.9. The van der Waals surface area contributed by atoms with E-state index in [1.165, 1.54) is 17.2 Å². The Balaban J connectivity index is 2.21. The van der Waals surface area contributed by atoms with Crippen molar-refractivity contribution < 1.29 is 9.50 Å². The van der Waals surface area contributed by atoms with Crippen molar-refractivity contribution in [3.8, 4) is 0 Å². The van der Waals surface area contributed by atoms with Crippen LogP contribution in [0.3, 0.4) is 0 Å². The van der Waals surface area contributed by atoms with Crippen LogP contribution >= 0.6 is 0 Å². The number of aliphatic hydroxyl groups is 1. The van der Waals surface area contributed by atoms with Gasteiger partial charge in [-0.1, -0.05) is 30.3 Å². The van der Waals surface area contributed by atoms with Crippen molar-refractivity contribution in [3.63, 3.8) is 0 Å². The molecule has 2 aromatic carbocycles. The van der Waals surface area contributed by atoms with Gasteiger partial charge in [-0.3, -0.25) is 0 Å². The van der Waals surface area contributed by atoms with E-state index in [1.54, 1.807) is 12.1 Å². The molecule has 0 aliphatic carbocycles. The molecule has 1 N–H and O–H groups in total. The highest BCUT2D eigenvalue weighted by Gasteiger charge is 2.09. The Kier molecular flexibility index (Phi) is 4.17. The van der Waals surface area contributed by atoms with E-state index in [2.05, 4.69) is 0 Å². The van der Waals surface area contributed by atoms with Gasteiger partial charge in [-0.05, 0) is 35.7 Å². The first-order chi connectivity index (χ1) is 9.11. The van der Waals surface area contributed by atoms with E-state index in [1.807, 2.05) is 43.1 Å². The van der Waals surface area contributed by atoms with E-state index in [9.17, 15) is 4.39 Å². The van der Waals surface area contributed by atoms with Gasteiger partial charge in [0.1, 0.15) is 5.82 Å². The summed E-state index contributed by atoms with van der Waals surface area (Å²) in [6.45, 7) is 2.56. The Bertz CT molecular complexity index is 568. The molecule has 3 heteroatoms. The van der Waals surface area contributed by atoms with Crippen molar-refractivity contribution in [2.75, 3.05) is 11.9 Å². The number of nitrogens with zero attached hydrogens (tertiary/aromatic N) is 1. The van der Waals surface area contributed by atoms with Gasteiger partial charge in [0.05, 0.1) is 12.3 Å². The van der Waals surface area contributed by atoms with Crippen LogP contribution in [0.1, 0.15) is 16.7 Å². The lowest BCUT2D eigenvalue weighted by Gasteiger charge is -2.21. The van der Waals surface area contributed by atoms with Crippen LogP contribution in [-0.4, -0.2) is 12.2 Å². The molecule has 0 saturated carbocycles. The van der Waals surface area contributed by atoms with E-state index in [0.29, 0.717) is 17.8 Å². The molecule has 0 unspecified atom stereocenters. The molecule has 2 rings (SSSR count). The standard InChI is InChI=1S/C16H18FNO/c1-12-5-3-4-6-14(12)10-18(2)16-8-7-13(11-19)9-15(16)17/h3-9,19H,10-11H2,1-2H3. The summed E-state index contributed by atoms with van der Waals surface area (Å²) in [6.07, 6.45) is 0. The summed E-state index contributed by atoms with van der Waals surface area (Å²) in [6, 6.07) is 12.9. The SMILES string of the molecule is Cc1ccccc1CN(C)c1ccc(CO)cc1F. The third kappa shape index (κ3) is 3.12. The number of benzene rings is 2. The molecule has 0 amide bonds. The molecule has 19 heavy (non-hydrogen) atoms. The lowest BCUT2D eigenvalue weighted by molar-refractivity contribution is 0.281. The molecule has 0 saturated heterocycles. The van der Waals surface area contributed by atoms with E-state index < -0.39 is 0 Å². The Hall–Kier alpha value is -1.87. The number of anilines is 1. The van der Waals surface area contributed by atoms with Gasteiger partial charge in [-0.2, -0.15) is 0 Å². The number of hydrogen-bond donors (Lipinski definition) is 1. The second-order valence-corrected chi connectivity index (χ2v) is 4.73. The molecule has 0 aliphatic rings. The summed E-state index contributed by atoms with van der Waals surface area (Å²) in [5.41, 5.74) is 3.50. The van der Waals surface area contributed by atoms with E-state index in [-0.39, 0.29) is 12.4 Å². The van der Waals surface area contributed by atoms with Crippen LogP contribution in [0.15, 0.2) is 42.5 Å². The van der Waals surface area contributed by atoms with Crippen LogP contribution in [0, 0.1) is 12.7 Å². The summed E-state index contributed by atoms with van der Waals surface area (Å²) in [4.78, 5) is 1.87. The van der Waals surface area contributed by atoms with Crippen molar-refractivity contribution in [2.24, 2.45) is 0 Å². The summed E-state index contributed by atoms with van der Waals surface area (Å²) >= 11 is 0. The van der Waals surface area contributed by atoms with Crippen molar-refractivity contribution in [2.45, 2.75) is 20.1 Å². The number of rotatable bonds is 4. The largest absolute Gasteiger partial charge is 0.392 e. The minimum atomic E-state index is -0.303. The number of halogens is 1. The third-order valence-corrected chi connectivity index (χ3v) is 3.27. The predicted octanol–water partition coefficient (Wildman–Crippen LogP) is 3.26. The van der Waals surface area contributed by atoms with Gasteiger partial charge in [0.25, 0.3) is 0 Å². The van der Waals surface area contributed by atoms with Crippen molar-refractivity contribution in [3.05, 3.63) is 65.0 Å². The van der Waals surface area contributed by atoms with Gasteiger partial charge in [0, 0.05) is 13.6 Å². The van der Waals surface area contributed by atoms with Crippen LogP contribution in [0.4, 0.5) is 10.1 Å². The highest BCUT2D eigenvalue weighted by molar-refractivity contribution is 5.49. The number of aryl methyl sites for hydroxylation is 1. The smallest absolute Gasteiger partial charge is 0.146 e. The highest BCUT2D eigenvalue weighted by Crippen LogP contribution is 2.22. The minimum absolute atomic E-state index is 0.140. The van der Waals surface area contributed by atoms with Crippen LogP contribution in [-0.2, 0) is 13.2 Å². The van der Waals surface area contributed by atoms with Gasteiger partial charge in [-0.25, -0.2) is 4.39 Å². The van der Waals surface area contributed by atoms with Crippen LogP contribution in [0.25, 0.3) is 0 Å². The number of aliphatic hydroxyl groups excluding tert-OH is 1. The van der Waals surface area contributed by atoms with Gasteiger partial charge in [-0.15, -0.1) is 0 Å². The average Bonchev–Trinajstić information content (AvgIpc) is 2.41. The monoisotopic (exact) mass is 259 g/mol. The first-order valence-electron chi connectivity index (χ1n) is 6.26. The molecular weight excluding hydrogens is 241 g/mol. The van der Waals surface area contributed by atoms with Gasteiger partial charge >= 0.3 is 0 Å². The summed E-state index contributed by atoms with van der Waals surface area (Å²) < 4.78 is 13.9. The predicted molar refractivity (Wildman–Crippen MR) is 75.6 cm³/mol. The molecule has 2 aromatic rings. The van der Waals surface area contributed by atoms with Gasteiger partial charge < -0.3 is 10.0 Å². The van der Waals surface area contributed by atoms with Crippen LogP contribution in [0.2, 0.25) is 0 Å². The van der Waals surface area contributed by atoms with Gasteiger partial charge in [0.2, 0.25) is 0 Å². The van der Waals surface area contributed by atoms with E-state index in [4.69, 9.17) is 5.11 Å². The molecule has 0 spiro atoms. The zero-order valence-corrected chi connectivity index (χ0v) is 11.2. The molecule has 2 nitrogen and oxygen atoms in total. The molecule has 0 aliphatic heterocycles. The summed E-state index contributed by atoms with van der Waals surface area (Å²) in [5.74, 6) is -0.303. The Labute approximate surface area is 113 Å². The third-order valence-electron chi connectivity index (χ3n) is 3.27. The fourth-order valence-electron chi connectivity index (χ4n) is 2.09. The normalized spacial score (nSPS) is 10.5. The molecule has 0 aromatic heterocycles. The maximum Gasteiger partial charge on any atom is 0.146 e. The van der Waals surface area contributed by atoms with Crippen molar-refractivity contribution in [1.82, 2.24) is 0 Å². The Morgan fingerprint density at radius 1 is 1.16 bits per heavy atom. The molecule has 100 valence electrons. The first-order valence-corrected chi connectivity index (χ1v) is 6.26. The zero-order valence-electron chi connectivity index (χ0n) is 11.2. The molecule has 0 radical (unpaired) electrons. The highest BCUT2D eigenvalue weighted by atomic mass is 19.1. The maximum absolute atomic E-state index is 13.9. The number of hydrogen-bond acceptors (Lipinski definition) is 2. The average molecular weight is 259 g/mol. The topological polar surface area (TPSA) is 23.5 Å². The van der Waals surface area contributed by atoms with Gasteiger partial charge in [0.15, 0.2) is 0 Å². The quantitative estimate of drug-likeness (QED) is 0.911. The molecular formula is C16H18FNO. The van der Waals surface area contributed by atoms with E-state index in [0.717, 1.165) is 0 Å². The molecule has 0 heterocycles. The second kappa shape index (κ2) is 5.85. The van der Waals surface area contributed by atoms with Crippen LogP contribution < -0.4 is 4.90 Å². The molecule has 0 atom stereocenters. The van der Waals surface area contributed by atoms with E-state index >= 15 is 0 Å². The fraction of sp³-hybridized carbons (Fsp3) is 0.250. The summed E-state index contributed by atoms with van der Waals surface area (Å²) in [5, 5.41) is 8.98. The van der Waals surface area contributed by atoms with Crippen molar-refractivity contribution >= 4 is 5.69 Å².